The van der Waals surface area contributed by atoms with Gasteiger partial charge in [-0.05, 0) is 29.6 Å². The summed E-state index contributed by atoms with van der Waals surface area (Å²) in [7, 11) is 0. The molecule has 0 aliphatic carbocycles. The third-order valence-electron chi connectivity index (χ3n) is 1.81. The lowest BCUT2D eigenvalue weighted by molar-refractivity contribution is 0.565. The normalized spacial score (nSPS) is 9.50. The van der Waals surface area contributed by atoms with Crippen molar-refractivity contribution in [1.29, 1.82) is 0 Å². The van der Waals surface area contributed by atoms with Gasteiger partial charge in [0.2, 0.25) is 6.08 Å². The predicted molar refractivity (Wildman–Crippen MR) is 61.9 cm³/mol. The van der Waals surface area contributed by atoms with Crippen LogP contribution in [0.5, 0.6) is 0 Å². The number of nitrogens with zero attached hydrogens (tertiary/aromatic N) is 4. The summed E-state index contributed by atoms with van der Waals surface area (Å²) in [5.74, 6) is 0. The number of isocyanates is 1. The van der Waals surface area contributed by atoms with Crippen molar-refractivity contribution in [2.75, 3.05) is 6.54 Å². The van der Waals surface area contributed by atoms with Crippen LogP contribution in [0.2, 0.25) is 0 Å². The Balaban J connectivity index is 2.62. The molecule has 0 atom stereocenters. The molecule has 0 saturated carbocycles. The number of hydrogen-bond acceptors (Lipinski definition) is 3. The van der Waals surface area contributed by atoms with Crippen molar-refractivity contribution in [2.45, 2.75) is 6.42 Å². The summed E-state index contributed by atoms with van der Waals surface area (Å²) in [6.07, 6.45) is 5.96. The van der Waals surface area contributed by atoms with Gasteiger partial charge in [-0.2, -0.15) is 4.99 Å². The zero-order chi connectivity index (χ0) is 11.6. The van der Waals surface area contributed by atoms with Gasteiger partial charge in [-0.1, -0.05) is 29.4 Å². The van der Waals surface area contributed by atoms with Crippen molar-refractivity contribution < 1.29 is 4.79 Å². The van der Waals surface area contributed by atoms with E-state index in [1.165, 1.54) is 6.08 Å². The van der Waals surface area contributed by atoms with Gasteiger partial charge in [0, 0.05) is 11.5 Å². The topological polar surface area (TPSA) is 78.2 Å². The molecule has 0 unspecified atom stereocenters. The number of rotatable bonds is 5. The van der Waals surface area contributed by atoms with Crippen LogP contribution in [0.4, 0.5) is 5.69 Å². The van der Waals surface area contributed by atoms with E-state index >= 15 is 0 Å². The summed E-state index contributed by atoms with van der Waals surface area (Å²) in [5, 5.41) is 3.41. The molecule has 1 rings (SSSR count). The van der Waals surface area contributed by atoms with Crippen molar-refractivity contribution in [3.8, 4) is 0 Å². The zero-order valence-corrected chi connectivity index (χ0v) is 8.58. The summed E-state index contributed by atoms with van der Waals surface area (Å²) in [5.41, 5.74) is 9.58. The highest BCUT2D eigenvalue weighted by Gasteiger charge is 1.90. The Hall–Kier alpha value is -2.35. The molecule has 5 nitrogen and oxygen atoms in total. The van der Waals surface area contributed by atoms with Gasteiger partial charge in [0.1, 0.15) is 0 Å². The average molecular weight is 214 g/mol. The quantitative estimate of drug-likeness (QED) is 0.185. The van der Waals surface area contributed by atoms with Gasteiger partial charge < -0.3 is 0 Å². The van der Waals surface area contributed by atoms with Crippen LogP contribution in [0.3, 0.4) is 0 Å². The van der Waals surface area contributed by atoms with Crippen LogP contribution >= 0.6 is 0 Å². The molecule has 0 amide bonds. The molecule has 0 aliphatic rings. The first-order valence-corrected chi connectivity index (χ1v) is 4.72. The van der Waals surface area contributed by atoms with Crippen molar-refractivity contribution in [3.05, 3.63) is 46.3 Å². The second-order valence-corrected chi connectivity index (χ2v) is 2.94. The van der Waals surface area contributed by atoms with Crippen molar-refractivity contribution >= 4 is 17.8 Å². The molecule has 0 N–H and O–H groups in total. The Morgan fingerprint density at radius 2 is 2.38 bits per heavy atom. The summed E-state index contributed by atoms with van der Waals surface area (Å²) in [6, 6.07) is 7.20. The SMILES string of the molecule is [N-]=[N+]=NCCC=Cc1cccc(N=C=O)c1. The first kappa shape index (κ1) is 11.7. The van der Waals surface area contributed by atoms with E-state index in [4.69, 9.17) is 5.53 Å². The van der Waals surface area contributed by atoms with E-state index in [2.05, 4.69) is 15.0 Å². The van der Waals surface area contributed by atoms with Crippen LogP contribution in [-0.4, -0.2) is 12.6 Å². The Morgan fingerprint density at radius 1 is 1.50 bits per heavy atom. The monoisotopic (exact) mass is 214 g/mol. The van der Waals surface area contributed by atoms with Gasteiger partial charge in [-0.25, -0.2) is 4.79 Å². The molecular formula is C11H10N4O. The highest BCUT2D eigenvalue weighted by atomic mass is 16.1. The Kier molecular flexibility index (Phi) is 5.14. The number of azide groups is 1. The number of benzene rings is 1. The molecule has 1 aromatic rings. The summed E-state index contributed by atoms with van der Waals surface area (Å²) < 4.78 is 0. The number of carbonyl (C=O) groups excluding carboxylic acids is 1. The van der Waals surface area contributed by atoms with E-state index < -0.39 is 0 Å². The third kappa shape index (κ3) is 4.24. The standard InChI is InChI=1S/C11H10N4O/c12-15-14-7-2-1-4-10-5-3-6-11(8-10)13-9-16/h1,3-6,8H,2,7H2. The smallest absolute Gasteiger partial charge is 0.211 e. The first-order chi connectivity index (χ1) is 7.86. The van der Waals surface area contributed by atoms with Crippen LogP contribution in [-0.2, 0) is 4.79 Å². The van der Waals surface area contributed by atoms with Crippen molar-refractivity contribution in [2.24, 2.45) is 10.1 Å². The molecule has 0 spiro atoms. The van der Waals surface area contributed by atoms with E-state index in [9.17, 15) is 4.79 Å². The Bertz CT molecular complexity index is 469. The molecule has 16 heavy (non-hydrogen) atoms. The fourth-order valence-corrected chi connectivity index (χ4v) is 1.15. The third-order valence-corrected chi connectivity index (χ3v) is 1.81. The maximum atomic E-state index is 10.1. The summed E-state index contributed by atoms with van der Waals surface area (Å²) in [6.45, 7) is 0.444. The minimum Gasteiger partial charge on any atom is -0.211 e. The molecule has 0 fully saturated rings. The van der Waals surface area contributed by atoms with Crippen LogP contribution in [0, 0.1) is 0 Å². The highest BCUT2D eigenvalue weighted by molar-refractivity contribution is 5.57. The van der Waals surface area contributed by atoms with Crippen LogP contribution < -0.4 is 0 Å². The van der Waals surface area contributed by atoms with Gasteiger partial charge >= 0.3 is 0 Å². The van der Waals surface area contributed by atoms with E-state index in [-0.39, 0.29) is 0 Å². The van der Waals surface area contributed by atoms with Crippen LogP contribution in [0.15, 0.2) is 40.4 Å². The highest BCUT2D eigenvalue weighted by Crippen LogP contribution is 2.14. The molecule has 80 valence electrons. The van der Waals surface area contributed by atoms with Gasteiger partial charge in [0.25, 0.3) is 0 Å². The van der Waals surface area contributed by atoms with E-state index in [0.29, 0.717) is 18.7 Å². The number of hydrogen-bond donors (Lipinski definition) is 0. The Morgan fingerprint density at radius 3 is 3.12 bits per heavy atom. The van der Waals surface area contributed by atoms with E-state index in [1.54, 1.807) is 12.1 Å². The van der Waals surface area contributed by atoms with Crippen LogP contribution in [0.1, 0.15) is 12.0 Å². The lowest BCUT2D eigenvalue weighted by Crippen LogP contribution is -1.74. The molecule has 0 heterocycles. The summed E-state index contributed by atoms with van der Waals surface area (Å²) >= 11 is 0. The maximum Gasteiger partial charge on any atom is 0.240 e. The molecule has 5 heteroatoms. The molecule has 1 aromatic carbocycles. The van der Waals surface area contributed by atoms with E-state index in [1.807, 2.05) is 24.3 Å². The Labute approximate surface area is 92.8 Å². The lowest BCUT2D eigenvalue weighted by Gasteiger charge is -1.94. The zero-order valence-electron chi connectivity index (χ0n) is 8.58. The van der Waals surface area contributed by atoms with Gasteiger partial charge in [-0.3, -0.25) is 0 Å². The maximum absolute atomic E-state index is 10.1. The minimum atomic E-state index is 0.444. The second-order valence-electron chi connectivity index (χ2n) is 2.94. The second kappa shape index (κ2) is 7.01. The molecule has 0 aromatic heterocycles. The summed E-state index contributed by atoms with van der Waals surface area (Å²) in [4.78, 5) is 16.2. The van der Waals surface area contributed by atoms with Gasteiger partial charge in [0.15, 0.2) is 0 Å². The fourth-order valence-electron chi connectivity index (χ4n) is 1.15. The van der Waals surface area contributed by atoms with Crippen LogP contribution in [0.25, 0.3) is 16.5 Å². The van der Waals surface area contributed by atoms with Crippen molar-refractivity contribution in [3.63, 3.8) is 0 Å². The molecule has 0 bridgehead atoms. The fraction of sp³-hybridized carbons (Fsp3) is 0.182. The molecular weight excluding hydrogens is 204 g/mol. The molecule has 0 radical (unpaired) electrons. The average Bonchev–Trinajstić information content (AvgIpc) is 2.30. The first-order valence-electron chi connectivity index (χ1n) is 4.72. The lowest BCUT2D eigenvalue weighted by atomic mass is 10.2. The number of aliphatic imine (C=N–C) groups is 1. The molecule has 0 saturated heterocycles. The van der Waals surface area contributed by atoms with Crippen molar-refractivity contribution in [1.82, 2.24) is 0 Å². The predicted octanol–water partition coefficient (Wildman–Crippen LogP) is 3.37. The molecule has 0 aliphatic heterocycles. The van der Waals surface area contributed by atoms with E-state index in [0.717, 1.165) is 5.56 Å². The van der Waals surface area contributed by atoms with Gasteiger partial charge in [-0.15, -0.1) is 0 Å². The van der Waals surface area contributed by atoms with Gasteiger partial charge in [0.05, 0.1) is 5.69 Å². The largest absolute Gasteiger partial charge is 0.240 e. The minimum absolute atomic E-state index is 0.444.